The van der Waals surface area contributed by atoms with Crippen molar-refractivity contribution in [2.75, 3.05) is 5.88 Å². The Morgan fingerprint density at radius 2 is 1.38 bits per heavy atom. The molecule has 0 fully saturated rings. The van der Waals surface area contributed by atoms with Crippen LogP contribution in [0, 0.1) is 0 Å². The van der Waals surface area contributed by atoms with Crippen molar-refractivity contribution in [3.05, 3.63) is 22.4 Å². The van der Waals surface area contributed by atoms with Crippen LogP contribution >= 0.6 is 11.6 Å². The molecule has 24 heavy (non-hydrogen) atoms. The third-order valence-corrected chi connectivity index (χ3v) is 7.63. The van der Waals surface area contributed by atoms with Gasteiger partial charge in [0.1, 0.15) is 0 Å². The maximum Gasteiger partial charge on any atom is 0.0739 e. The maximum atomic E-state index is 6.36. The Hall–Kier alpha value is -0.0131. The summed E-state index contributed by atoms with van der Waals surface area (Å²) in [6.45, 7) is 14.0. The molecule has 0 atom stereocenters. The highest BCUT2D eigenvalue weighted by Crippen LogP contribution is 2.27. The molecule has 0 aliphatic heterocycles. The SMILES string of the molecule is CCCCCCCCCC/C(CCC=C(C)C)=C(\CCl)[Si](C)(C)C. The van der Waals surface area contributed by atoms with Crippen molar-refractivity contribution in [2.45, 2.75) is 111 Å². The smallest absolute Gasteiger partial charge is 0.0739 e. The molecular weight excluding hydrogens is 328 g/mol. The van der Waals surface area contributed by atoms with E-state index in [4.69, 9.17) is 11.6 Å². The summed E-state index contributed by atoms with van der Waals surface area (Å²) >= 11 is 6.36. The Labute approximate surface area is 159 Å². The molecule has 0 heterocycles. The summed E-state index contributed by atoms with van der Waals surface area (Å²) in [6.07, 6.45) is 17.2. The molecule has 0 saturated heterocycles. The van der Waals surface area contributed by atoms with E-state index in [1.165, 1.54) is 76.2 Å². The zero-order chi connectivity index (χ0) is 18.4. The van der Waals surface area contributed by atoms with E-state index in [-0.39, 0.29) is 0 Å². The highest BCUT2D eigenvalue weighted by atomic mass is 35.5. The van der Waals surface area contributed by atoms with Gasteiger partial charge in [-0.15, -0.1) is 11.6 Å². The number of rotatable bonds is 14. The normalized spacial score (nSPS) is 13.0. The molecule has 0 amide bonds. The molecule has 0 aromatic rings. The molecule has 0 aliphatic rings. The van der Waals surface area contributed by atoms with Crippen LogP contribution in [-0.2, 0) is 0 Å². The molecular formula is C22H43ClSi. The van der Waals surface area contributed by atoms with Crippen LogP contribution in [0.4, 0.5) is 0 Å². The Kier molecular flexibility index (Phi) is 14.2. The maximum absolute atomic E-state index is 6.36. The zero-order valence-corrected chi connectivity index (χ0v) is 19.2. The summed E-state index contributed by atoms with van der Waals surface area (Å²) < 4.78 is 0. The van der Waals surface area contributed by atoms with E-state index in [2.05, 4.69) is 46.5 Å². The van der Waals surface area contributed by atoms with Gasteiger partial charge < -0.3 is 0 Å². The van der Waals surface area contributed by atoms with E-state index in [1.54, 1.807) is 10.8 Å². The minimum Gasteiger partial charge on any atom is -0.122 e. The van der Waals surface area contributed by atoms with Crippen molar-refractivity contribution in [1.82, 2.24) is 0 Å². The summed E-state index contributed by atoms with van der Waals surface area (Å²) in [5.41, 5.74) is 3.12. The lowest BCUT2D eigenvalue weighted by Crippen LogP contribution is -2.27. The molecule has 0 nitrogen and oxygen atoms in total. The Morgan fingerprint density at radius 3 is 1.83 bits per heavy atom. The molecule has 0 saturated carbocycles. The number of hydrogen-bond acceptors (Lipinski definition) is 0. The standard InChI is InChI=1S/C22H43ClSi/c1-7-8-9-10-11-12-13-14-17-21(18-15-16-20(2)3)22(19-23)24(4,5)6/h16H,7-15,17-19H2,1-6H3/b22-21-. The molecule has 0 rings (SSSR count). The van der Waals surface area contributed by atoms with E-state index in [0.717, 1.165) is 5.88 Å². The van der Waals surface area contributed by atoms with Crippen molar-refractivity contribution in [3.63, 3.8) is 0 Å². The van der Waals surface area contributed by atoms with E-state index in [0.29, 0.717) is 0 Å². The molecule has 0 spiro atoms. The average molecular weight is 371 g/mol. The van der Waals surface area contributed by atoms with E-state index >= 15 is 0 Å². The summed E-state index contributed by atoms with van der Waals surface area (Å²) in [6, 6.07) is 0. The van der Waals surface area contributed by atoms with Crippen LogP contribution < -0.4 is 0 Å². The largest absolute Gasteiger partial charge is 0.122 e. The summed E-state index contributed by atoms with van der Waals surface area (Å²) in [4.78, 5) is 0. The van der Waals surface area contributed by atoms with Gasteiger partial charge in [-0.3, -0.25) is 0 Å². The van der Waals surface area contributed by atoms with Crippen molar-refractivity contribution in [3.8, 4) is 0 Å². The fraction of sp³-hybridized carbons (Fsp3) is 0.818. The number of halogens is 1. The summed E-state index contributed by atoms with van der Waals surface area (Å²) in [7, 11) is -1.29. The molecule has 0 aromatic carbocycles. The van der Waals surface area contributed by atoms with Gasteiger partial charge in [0.2, 0.25) is 0 Å². The first-order valence-corrected chi connectivity index (χ1v) is 14.3. The molecule has 0 N–H and O–H groups in total. The lowest BCUT2D eigenvalue weighted by molar-refractivity contribution is 0.572. The second-order valence-electron chi connectivity index (χ2n) is 8.51. The van der Waals surface area contributed by atoms with Crippen molar-refractivity contribution in [1.29, 1.82) is 0 Å². The summed E-state index contributed by atoms with van der Waals surface area (Å²) in [5, 5.41) is 1.62. The number of unbranched alkanes of at least 4 members (excludes halogenated alkanes) is 7. The van der Waals surface area contributed by atoms with Crippen molar-refractivity contribution >= 4 is 19.7 Å². The predicted molar refractivity (Wildman–Crippen MR) is 117 cm³/mol. The van der Waals surface area contributed by atoms with Crippen LogP contribution in [0.25, 0.3) is 0 Å². The van der Waals surface area contributed by atoms with Gasteiger partial charge in [0.05, 0.1) is 8.07 Å². The third kappa shape index (κ3) is 12.4. The molecule has 0 aromatic heterocycles. The molecule has 0 radical (unpaired) electrons. The number of alkyl halides is 1. The predicted octanol–water partition coefficient (Wildman–Crippen LogP) is 8.68. The van der Waals surface area contributed by atoms with Gasteiger partial charge in [0.15, 0.2) is 0 Å². The van der Waals surface area contributed by atoms with Gasteiger partial charge in [-0.2, -0.15) is 0 Å². The third-order valence-electron chi connectivity index (χ3n) is 4.80. The van der Waals surface area contributed by atoms with E-state index in [9.17, 15) is 0 Å². The Bertz CT molecular complexity index is 370. The van der Waals surface area contributed by atoms with Crippen LogP contribution in [0.1, 0.15) is 91.4 Å². The fourth-order valence-corrected chi connectivity index (χ4v) is 6.36. The Morgan fingerprint density at radius 1 is 0.833 bits per heavy atom. The van der Waals surface area contributed by atoms with E-state index < -0.39 is 8.07 Å². The molecule has 0 bridgehead atoms. The molecule has 2 heteroatoms. The van der Waals surface area contributed by atoms with E-state index in [1.807, 2.05) is 0 Å². The monoisotopic (exact) mass is 370 g/mol. The summed E-state index contributed by atoms with van der Waals surface area (Å²) in [5.74, 6) is 0.747. The van der Waals surface area contributed by atoms with Gasteiger partial charge in [0.25, 0.3) is 0 Å². The highest BCUT2D eigenvalue weighted by molar-refractivity contribution is 6.84. The minimum atomic E-state index is -1.29. The highest BCUT2D eigenvalue weighted by Gasteiger charge is 2.22. The van der Waals surface area contributed by atoms with Crippen LogP contribution in [0.2, 0.25) is 19.6 Å². The second-order valence-corrected chi connectivity index (χ2v) is 13.9. The Balaban J connectivity index is 4.45. The average Bonchev–Trinajstić information content (AvgIpc) is 2.48. The van der Waals surface area contributed by atoms with Gasteiger partial charge >= 0.3 is 0 Å². The lowest BCUT2D eigenvalue weighted by atomic mass is 10.0. The van der Waals surface area contributed by atoms with Crippen LogP contribution in [-0.4, -0.2) is 14.0 Å². The topological polar surface area (TPSA) is 0 Å². The fourth-order valence-electron chi connectivity index (χ4n) is 3.26. The zero-order valence-electron chi connectivity index (χ0n) is 17.4. The van der Waals surface area contributed by atoms with Gasteiger partial charge in [-0.1, -0.05) is 93.9 Å². The van der Waals surface area contributed by atoms with Crippen LogP contribution in [0.5, 0.6) is 0 Å². The van der Waals surface area contributed by atoms with Gasteiger partial charge in [-0.05, 0) is 39.5 Å². The minimum absolute atomic E-state index is 0.747. The number of allylic oxidation sites excluding steroid dienone is 4. The first-order valence-electron chi connectivity index (χ1n) is 10.2. The van der Waals surface area contributed by atoms with Crippen molar-refractivity contribution in [2.24, 2.45) is 0 Å². The quantitative estimate of drug-likeness (QED) is 0.124. The first-order chi connectivity index (χ1) is 11.3. The molecule has 142 valence electrons. The first kappa shape index (κ1) is 24.0. The molecule has 0 unspecified atom stereocenters. The van der Waals surface area contributed by atoms with Crippen molar-refractivity contribution < 1.29 is 0 Å². The molecule has 0 aliphatic carbocycles. The van der Waals surface area contributed by atoms with Crippen LogP contribution in [0.3, 0.4) is 0 Å². The van der Waals surface area contributed by atoms with Gasteiger partial charge in [-0.25, -0.2) is 0 Å². The van der Waals surface area contributed by atoms with Gasteiger partial charge in [0, 0.05) is 5.88 Å². The lowest BCUT2D eigenvalue weighted by Gasteiger charge is -2.24. The number of hydrogen-bond donors (Lipinski definition) is 0. The second kappa shape index (κ2) is 14.2. The van der Waals surface area contributed by atoms with Crippen LogP contribution in [0.15, 0.2) is 22.4 Å².